The summed E-state index contributed by atoms with van der Waals surface area (Å²) in [5.41, 5.74) is 0. The molecule has 2 atom stereocenters. The molecule has 0 bridgehead atoms. The molecule has 1 aliphatic carbocycles. The third kappa shape index (κ3) is 2.87. The smallest absolute Gasteiger partial charge is 0.262 e. The number of alkyl halides is 1. The maximum Gasteiger partial charge on any atom is 0.262 e. The Morgan fingerprint density at radius 3 is 2.94 bits per heavy atom. The molecule has 2 nitrogen and oxygen atoms in total. The van der Waals surface area contributed by atoms with Crippen LogP contribution in [0.25, 0.3) is 0 Å². The lowest BCUT2D eigenvalue weighted by Gasteiger charge is -2.14. The van der Waals surface area contributed by atoms with Gasteiger partial charge in [-0.2, -0.15) is 0 Å². The molecule has 1 aliphatic rings. The number of carbonyl (C=O) groups is 1. The van der Waals surface area contributed by atoms with E-state index in [1.54, 1.807) is 0 Å². The summed E-state index contributed by atoms with van der Waals surface area (Å²) in [6.45, 7) is 0.777. The molecule has 1 aromatic rings. The van der Waals surface area contributed by atoms with Crippen molar-refractivity contribution in [2.45, 2.75) is 24.1 Å². The van der Waals surface area contributed by atoms with Crippen LogP contribution in [-0.4, -0.2) is 17.3 Å². The molecular formula is C11H13Br2NOS. The van der Waals surface area contributed by atoms with E-state index in [1.807, 2.05) is 11.4 Å². The molecular weight excluding hydrogens is 354 g/mol. The van der Waals surface area contributed by atoms with Crippen molar-refractivity contribution in [2.75, 3.05) is 6.54 Å². The van der Waals surface area contributed by atoms with E-state index >= 15 is 0 Å². The van der Waals surface area contributed by atoms with Crippen LogP contribution >= 0.6 is 43.2 Å². The minimum atomic E-state index is 0.0356. The highest BCUT2D eigenvalue weighted by molar-refractivity contribution is 9.10. The van der Waals surface area contributed by atoms with Crippen LogP contribution in [0.4, 0.5) is 0 Å². The zero-order chi connectivity index (χ0) is 11.5. The van der Waals surface area contributed by atoms with Crippen molar-refractivity contribution in [3.8, 4) is 0 Å². The topological polar surface area (TPSA) is 29.1 Å². The van der Waals surface area contributed by atoms with Gasteiger partial charge < -0.3 is 5.32 Å². The average Bonchev–Trinajstić information content (AvgIpc) is 2.84. The van der Waals surface area contributed by atoms with E-state index in [-0.39, 0.29) is 5.91 Å². The van der Waals surface area contributed by atoms with Crippen LogP contribution in [0.2, 0.25) is 0 Å². The first kappa shape index (κ1) is 12.6. The van der Waals surface area contributed by atoms with Gasteiger partial charge in [-0.3, -0.25) is 4.79 Å². The Morgan fingerprint density at radius 2 is 2.38 bits per heavy atom. The highest BCUT2D eigenvalue weighted by atomic mass is 79.9. The van der Waals surface area contributed by atoms with Gasteiger partial charge in [-0.25, -0.2) is 0 Å². The summed E-state index contributed by atoms with van der Waals surface area (Å²) >= 11 is 8.50. The Kier molecular flexibility index (Phi) is 4.44. The van der Waals surface area contributed by atoms with E-state index in [0.29, 0.717) is 10.7 Å². The summed E-state index contributed by atoms with van der Waals surface area (Å²) in [6, 6.07) is 1.91. The lowest BCUT2D eigenvalue weighted by atomic mass is 10.1. The first-order valence-electron chi connectivity index (χ1n) is 5.33. The number of nitrogens with one attached hydrogen (secondary N) is 1. The molecule has 1 aromatic heterocycles. The maximum atomic E-state index is 11.8. The standard InChI is InChI=1S/C11H13Br2NOS/c12-8-3-1-2-7(8)6-14-11(15)10-9(13)4-5-16-10/h4-5,7-8H,1-3,6H2,(H,14,15). The number of hydrogen-bond donors (Lipinski definition) is 1. The van der Waals surface area contributed by atoms with E-state index in [4.69, 9.17) is 0 Å². The van der Waals surface area contributed by atoms with Gasteiger partial charge in [-0.1, -0.05) is 22.4 Å². The molecule has 1 amide bonds. The van der Waals surface area contributed by atoms with Gasteiger partial charge in [0, 0.05) is 15.8 Å². The van der Waals surface area contributed by atoms with Gasteiger partial charge in [0.25, 0.3) is 5.91 Å². The number of hydrogen-bond acceptors (Lipinski definition) is 2. The van der Waals surface area contributed by atoms with Crippen molar-refractivity contribution in [3.63, 3.8) is 0 Å². The molecule has 0 radical (unpaired) electrons. The van der Waals surface area contributed by atoms with Gasteiger partial charge in [0.15, 0.2) is 0 Å². The fraction of sp³-hybridized carbons (Fsp3) is 0.545. The Hall–Kier alpha value is 0.130. The molecule has 2 rings (SSSR count). The quantitative estimate of drug-likeness (QED) is 0.810. The van der Waals surface area contributed by atoms with Crippen LogP contribution < -0.4 is 5.32 Å². The van der Waals surface area contributed by atoms with Gasteiger partial charge in [-0.05, 0) is 46.1 Å². The van der Waals surface area contributed by atoms with E-state index in [1.165, 1.54) is 30.6 Å². The predicted molar refractivity (Wildman–Crippen MR) is 74.4 cm³/mol. The zero-order valence-corrected chi connectivity index (χ0v) is 12.7. The van der Waals surface area contributed by atoms with Crippen molar-refractivity contribution in [2.24, 2.45) is 5.92 Å². The second-order valence-corrected chi connectivity index (χ2v) is 6.96. The van der Waals surface area contributed by atoms with Gasteiger partial charge in [-0.15, -0.1) is 11.3 Å². The number of amides is 1. The number of halogens is 2. The predicted octanol–water partition coefficient (Wildman–Crippen LogP) is 3.80. The summed E-state index contributed by atoms with van der Waals surface area (Å²) in [4.78, 5) is 13.2. The number of carbonyl (C=O) groups excluding carboxylic acids is 1. The lowest BCUT2D eigenvalue weighted by molar-refractivity contribution is 0.0951. The highest BCUT2D eigenvalue weighted by Crippen LogP contribution is 2.31. The Labute approximate surface area is 116 Å². The minimum Gasteiger partial charge on any atom is -0.351 e. The molecule has 16 heavy (non-hydrogen) atoms. The second-order valence-electron chi connectivity index (χ2n) is 4.01. The molecule has 0 aliphatic heterocycles. The van der Waals surface area contributed by atoms with Crippen LogP contribution in [-0.2, 0) is 0 Å². The molecule has 0 saturated heterocycles. The van der Waals surface area contributed by atoms with Gasteiger partial charge in [0.2, 0.25) is 0 Å². The van der Waals surface area contributed by atoms with Crippen LogP contribution in [0, 0.1) is 5.92 Å². The normalized spacial score (nSPS) is 24.6. The molecule has 1 fully saturated rings. The summed E-state index contributed by atoms with van der Waals surface area (Å²) < 4.78 is 0.886. The Bertz CT molecular complexity index is 380. The van der Waals surface area contributed by atoms with Crippen molar-refractivity contribution in [1.29, 1.82) is 0 Å². The summed E-state index contributed by atoms with van der Waals surface area (Å²) in [7, 11) is 0. The molecule has 0 spiro atoms. The van der Waals surface area contributed by atoms with Crippen molar-refractivity contribution in [3.05, 3.63) is 20.8 Å². The van der Waals surface area contributed by atoms with E-state index in [0.717, 1.165) is 15.9 Å². The third-order valence-corrected chi connectivity index (χ3v) is 5.96. The SMILES string of the molecule is O=C(NCC1CCCC1Br)c1sccc1Br. The first-order valence-corrected chi connectivity index (χ1v) is 7.92. The lowest BCUT2D eigenvalue weighted by Crippen LogP contribution is -2.30. The van der Waals surface area contributed by atoms with E-state index < -0.39 is 0 Å². The molecule has 0 aromatic carbocycles. The number of rotatable bonds is 3. The zero-order valence-electron chi connectivity index (χ0n) is 8.71. The van der Waals surface area contributed by atoms with Gasteiger partial charge in [0.05, 0.1) is 0 Å². The monoisotopic (exact) mass is 365 g/mol. The molecule has 2 unspecified atom stereocenters. The van der Waals surface area contributed by atoms with Gasteiger partial charge in [0.1, 0.15) is 4.88 Å². The summed E-state index contributed by atoms with van der Waals surface area (Å²) in [5.74, 6) is 0.621. The largest absolute Gasteiger partial charge is 0.351 e. The Morgan fingerprint density at radius 1 is 1.56 bits per heavy atom. The van der Waals surface area contributed by atoms with Crippen LogP contribution in [0.5, 0.6) is 0 Å². The van der Waals surface area contributed by atoms with Crippen LogP contribution in [0.15, 0.2) is 15.9 Å². The molecule has 1 N–H and O–H groups in total. The summed E-state index contributed by atoms with van der Waals surface area (Å²) in [6.07, 6.45) is 3.70. The van der Waals surface area contributed by atoms with Crippen LogP contribution in [0.1, 0.15) is 28.9 Å². The minimum absolute atomic E-state index is 0.0356. The average molecular weight is 367 g/mol. The second kappa shape index (κ2) is 5.65. The maximum absolute atomic E-state index is 11.8. The fourth-order valence-electron chi connectivity index (χ4n) is 1.98. The van der Waals surface area contributed by atoms with E-state index in [2.05, 4.69) is 37.2 Å². The molecule has 1 heterocycles. The fourth-order valence-corrected chi connectivity index (χ4v) is 4.22. The molecule has 5 heteroatoms. The third-order valence-electron chi connectivity index (χ3n) is 2.91. The van der Waals surface area contributed by atoms with Crippen molar-refractivity contribution in [1.82, 2.24) is 5.32 Å². The van der Waals surface area contributed by atoms with Gasteiger partial charge >= 0.3 is 0 Å². The summed E-state index contributed by atoms with van der Waals surface area (Å²) in [5, 5.41) is 4.93. The highest BCUT2D eigenvalue weighted by Gasteiger charge is 2.25. The first-order chi connectivity index (χ1) is 7.68. The van der Waals surface area contributed by atoms with Crippen molar-refractivity contribution < 1.29 is 4.79 Å². The number of thiophene rings is 1. The molecule has 1 saturated carbocycles. The van der Waals surface area contributed by atoms with Crippen LogP contribution in [0.3, 0.4) is 0 Å². The van der Waals surface area contributed by atoms with E-state index in [9.17, 15) is 4.79 Å². The Balaban J connectivity index is 1.86. The van der Waals surface area contributed by atoms with Crippen molar-refractivity contribution >= 4 is 49.1 Å². The molecule has 88 valence electrons.